The Balaban J connectivity index is 2.75. The molecule has 1 heterocycles. The van der Waals surface area contributed by atoms with Gasteiger partial charge in [0.25, 0.3) is 0 Å². The summed E-state index contributed by atoms with van der Waals surface area (Å²) in [5, 5.41) is 11.6. The summed E-state index contributed by atoms with van der Waals surface area (Å²) in [7, 11) is -3.08. The van der Waals surface area contributed by atoms with Crippen molar-refractivity contribution in [1.29, 1.82) is 0 Å². The molecule has 2 N–H and O–H groups in total. The molecular formula is C10H14N2O4S. The SMILES string of the molecule is CC(CS(C)(=O)=O)Nc1cc(C(=O)O)ccn1. The molecule has 0 aromatic carbocycles. The van der Waals surface area contributed by atoms with Crippen molar-refractivity contribution in [3.63, 3.8) is 0 Å². The molecule has 0 spiro atoms. The third kappa shape index (κ3) is 4.81. The van der Waals surface area contributed by atoms with E-state index in [9.17, 15) is 13.2 Å². The number of aromatic carboxylic acids is 1. The summed E-state index contributed by atoms with van der Waals surface area (Å²) in [6.45, 7) is 1.69. The topological polar surface area (TPSA) is 96.4 Å². The van der Waals surface area contributed by atoms with Gasteiger partial charge in [-0.1, -0.05) is 0 Å². The lowest BCUT2D eigenvalue weighted by atomic mass is 10.2. The minimum Gasteiger partial charge on any atom is -0.478 e. The van der Waals surface area contributed by atoms with Gasteiger partial charge in [0, 0.05) is 18.5 Å². The zero-order valence-corrected chi connectivity index (χ0v) is 10.4. The highest BCUT2D eigenvalue weighted by Crippen LogP contribution is 2.08. The molecule has 7 heteroatoms. The molecule has 17 heavy (non-hydrogen) atoms. The molecule has 0 fully saturated rings. The van der Waals surface area contributed by atoms with Crippen LogP contribution in [0.5, 0.6) is 0 Å². The van der Waals surface area contributed by atoms with Gasteiger partial charge in [0.2, 0.25) is 0 Å². The maximum Gasteiger partial charge on any atom is 0.335 e. The fraction of sp³-hybridized carbons (Fsp3) is 0.400. The molecule has 1 aromatic heterocycles. The van der Waals surface area contributed by atoms with E-state index in [-0.39, 0.29) is 17.4 Å². The van der Waals surface area contributed by atoms with E-state index in [0.29, 0.717) is 5.82 Å². The van der Waals surface area contributed by atoms with Crippen LogP contribution in [0.1, 0.15) is 17.3 Å². The molecule has 1 rings (SSSR count). The Bertz CT molecular complexity index is 513. The number of nitrogens with one attached hydrogen (secondary N) is 1. The number of carboxylic acids is 1. The Morgan fingerprint density at radius 1 is 1.59 bits per heavy atom. The van der Waals surface area contributed by atoms with Crippen LogP contribution in [0.15, 0.2) is 18.3 Å². The molecule has 1 atom stereocenters. The van der Waals surface area contributed by atoms with E-state index in [4.69, 9.17) is 5.11 Å². The fourth-order valence-corrected chi connectivity index (χ4v) is 2.38. The lowest BCUT2D eigenvalue weighted by Crippen LogP contribution is -2.25. The van der Waals surface area contributed by atoms with Gasteiger partial charge in [-0.2, -0.15) is 0 Å². The minimum atomic E-state index is -3.08. The van der Waals surface area contributed by atoms with E-state index in [2.05, 4.69) is 10.3 Å². The summed E-state index contributed by atoms with van der Waals surface area (Å²) in [6.07, 6.45) is 2.51. The molecule has 0 aliphatic heterocycles. The van der Waals surface area contributed by atoms with Crippen molar-refractivity contribution in [1.82, 2.24) is 4.98 Å². The maximum absolute atomic E-state index is 11.1. The van der Waals surface area contributed by atoms with Gasteiger partial charge < -0.3 is 10.4 Å². The van der Waals surface area contributed by atoms with E-state index < -0.39 is 15.8 Å². The van der Waals surface area contributed by atoms with Gasteiger partial charge in [0.1, 0.15) is 15.7 Å². The van der Waals surface area contributed by atoms with Crippen molar-refractivity contribution in [3.8, 4) is 0 Å². The normalized spacial score (nSPS) is 13.1. The third-order valence-electron chi connectivity index (χ3n) is 1.95. The van der Waals surface area contributed by atoms with Crippen molar-refractivity contribution < 1.29 is 18.3 Å². The Hall–Kier alpha value is -1.63. The van der Waals surface area contributed by atoms with Gasteiger partial charge in [-0.3, -0.25) is 0 Å². The zero-order valence-electron chi connectivity index (χ0n) is 9.54. The number of pyridine rings is 1. The number of rotatable bonds is 5. The first-order chi connectivity index (χ1) is 7.78. The van der Waals surface area contributed by atoms with Crippen LogP contribution in [-0.4, -0.2) is 42.5 Å². The summed E-state index contributed by atoms with van der Waals surface area (Å²) >= 11 is 0. The Kier molecular flexibility index (Phi) is 4.06. The predicted octanol–water partition coefficient (Wildman–Crippen LogP) is 0.625. The summed E-state index contributed by atoms with van der Waals surface area (Å²) < 4.78 is 22.1. The van der Waals surface area contributed by atoms with E-state index in [1.54, 1.807) is 6.92 Å². The minimum absolute atomic E-state index is 0.0357. The zero-order chi connectivity index (χ0) is 13.1. The summed E-state index contributed by atoms with van der Waals surface area (Å²) in [6, 6.07) is 2.40. The molecule has 6 nitrogen and oxygen atoms in total. The number of hydrogen-bond acceptors (Lipinski definition) is 5. The van der Waals surface area contributed by atoms with Crippen molar-refractivity contribution in [2.45, 2.75) is 13.0 Å². The second-order valence-corrected chi connectivity index (χ2v) is 6.06. The van der Waals surface area contributed by atoms with Crippen LogP contribution < -0.4 is 5.32 Å². The number of anilines is 1. The molecule has 0 saturated carbocycles. The summed E-state index contributed by atoms with van der Waals surface area (Å²) in [5.41, 5.74) is 0.106. The molecule has 1 unspecified atom stereocenters. The highest BCUT2D eigenvalue weighted by Gasteiger charge is 2.11. The largest absolute Gasteiger partial charge is 0.478 e. The van der Waals surface area contributed by atoms with Gasteiger partial charge >= 0.3 is 5.97 Å². The molecule has 0 bridgehead atoms. The smallest absolute Gasteiger partial charge is 0.335 e. The highest BCUT2D eigenvalue weighted by molar-refractivity contribution is 7.90. The molecule has 1 aromatic rings. The Morgan fingerprint density at radius 3 is 2.76 bits per heavy atom. The van der Waals surface area contributed by atoms with Gasteiger partial charge in [-0.15, -0.1) is 0 Å². The molecule has 0 amide bonds. The quantitative estimate of drug-likeness (QED) is 0.804. The van der Waals surface area contributed by atoms with Crippen LogP contribution in [0.4, 0.5) is 5.82 Å². The van der Waals surface area contributed by atoms with E-state index in [0.717, 1.165) is 6.26 Å². The van der Waals surface area contributed by atoms with E-state index >= 15 is 0 Å². The molecule has 0 saturated heterocycles. The van der Waals surface area contributed by atoms with Crippen LogP contribution in [0, 0.1) is 0 Å². The second kappa shape index (κ2) is 5.13. The first-order valence-electron chi connectivity index (χ1n) is 4.91. The molecule has 94 valence electrons. The molecule has 0 radical (unpaired) electrons. The monoisotopic (exact) mass is 258 g/mol. The lowest BCUT2D eigenvalue weighted by molar-refractivity contribution is 0.0697. The maximum atomic E-state index is 11.1. The number of hydrogen-bond donors (Lipinski definition) is 2. The molecular weight excluding hydrogens is 244 g/mol. The third-order valence-corrected chi connectivity index (χ3v) is 3.06. The van der Waals surface area contributed by atoms with Crippen molar-refractivity contribution in [2.75, 3.05) is 17.3 Å². The number of carboxylic acid groups (broad SMARTS) is 1. The first kappa shape index (κ1) is 13.4. The average Bonchev–Trinajstić information content (AvgIpc) is 2.14. The van der Waals surface area contributed by atoms with Crippen LogP contribution >= 0.6 is 0 Å². The Morgan fingerprint density at radius 2 is 2.24 bits per heavy atom. The van der Waals surface area contributed by atoms with E-state index in [1.165, 1.54) is 18.3 Å². The summed E-state index contributed by atoms with van der Waals surface area (Å²) in [4.78, 5) is 14.6. The van der Waals surface area contributed by atoms with Gasteiger partial charge in [0.05, 0.1) is 11.3 Å². The highest BCUT2D eigenvalue weighted by atomic mass is 32.2. The van der Waals surface area contributed by atoms with Crippen LogP contribution in [-0.2, 0) is 9.84 Å². The van der Waals surface area contributed by atoms with Crippen molar-refractivity contribution in [3.05, 3.63) is 23.9 Å². The number of nitrogens with zero attached hydrogens (tertiary/aromatic N) is 1. The van der Waals surface area contributed by atoms with Gasteiger partial charge in [0.15, 0.2) is 0 Å². The van der Waals surface area contributed by atoms with Crippen LogP contribution in [0.25, 0.3) is 0 Å². The molecule has 0 aliphatic carbocycles. The summed E-state index contributed by atoms with van der Waals surface area (Å²) in [5.74, 6) is -0.737. The van der Waals surface area contributed by atoms with Crippen LogP contribution in [0.3, 0.4) is 0 Å². The standard InChI is InChI=1S/C10H14N2O4S/c1-7(6-17(2,15)16)12-9-5-8(10(13)14)3-4-11-9/h3-5,7H,6H2,1-2H3,(H,11,12)(H,13,14). The van der Waals surface area contributed by atoms with Crippen molar-refractivity contribution >= 4 is 21.6 Å². The first-order valence-corrected chi connectivity index (χ1v) is 6.97. The Labute approximate surface area is 99.6 Å². The molecule has 0 aliphatic rings. The number of carbonyl (C=O) groups is 1. The predicted molar refractivity (Wildman–Crippen MR) is 64.0 cm³/mol. The van der Waals surface area contributed by atoms with Gasteiger partial charge in [-0.25, -0.2) is 18.2 Å². The van der Waals surface area contributed by atoms with E-state index in [1.807, 2.05) is 0 Å². The van der Waals surface area contributed by atoms with Crippen molar-refractivity contribution in [2.24, 2.45) is 0 Å². The number of aromatic nitrogens is 1. The second-order valence-electron chi connectivity index (χ2n) is 3.87. The van der Waals surface area contributed by atoms with Crippen LogP contribution in [0.2, 0.25) is 0 Å². The van der Waals surface area contributed by atoms with Gasteiger partial charge in [-0.05, 0) is 19.1 Å². The number of sulfone groups is 1. The average molecular weight is 258 g/mol. The lowest BCUT2D eigenvalue weighted by Gasteiger charge is -2.13. The fourth-order valence-electron chi connectivity index (χ4n) is 1.39.